The minimum atomic E-state index is -0.140. The number of nitrogens with zero attached hydrogens (tertiary/aromatic N) is 1. The highest BCUT2D eigenvalue weighted by Gasteiger charge is 2.59. The van der Waals surface area contributed by atoms with E-state index in [4.69, 9.17) is 16.2 Å². The van der Waals surface area contributed by atoms with E-state index in [1.165, 1.54) is 51.4 Å². The van der Waals surface area contributed by atoms with E-state index in [0.717, 1.165) is 106 Å². The van der Waals surface area contributed by atoms with Gasteiger partial charge in [-0.25, -0.2) is 0 Å². The summed E-state index contributed by atoms with van der Waals surface area (Å²) < 4.78 is 6.12. The Balaban J connectivity index is 0.00000523. The maximum atomic E-state index is 13.2. The van der Waals surface area contributed by atoms with Crippen molar-refractivity contribution in [2.75, 3.05) is 26.2 Å². The third-order valence-corrected chi connectivity index (χ3v) is 15.4. The summed E-state index contributed by atoms with van der Waals surface area (Å²) in [5, 5.41) is 3.45. The number of carbonyl (C=O) groups excluding carboxylic acids is 2. The fraction of sp³-hybridized carbons (Fsp3) is 0.913. The first-order valence-corrected chi connectivity index (χ1v) is 22.6. The highest BCUT2D eigenvalue weighted by Crippen LogP contribution is 2.67. The van der Waals surface area contributed by atoms with Crippen LogP contribution in [0.4, 0.5) is 0 Å². The Morgan fingerprint density at radius 3 is 2.21 bits per heavy atom. The van der Waals surface area contributed by atoms with Gasteiger partial charge in [0.1, 0.15) is 6.10 Å². The summed E-state index contributed by atoms with van der Waals surface area (Å²) in [5.74, 6) is 5.79. The molecule has 0 heterocycles. The summed E-state index contributed by atoms with van der Waals surface area (Å²) in [6, 6.07) is 0.274. The summed E-state index contributed by atoms with van der Waals surface area (Å²) in [6.45, 7) is 22.3. The van der Waals surface area contributed by atoms with Gasteiger partial charge in [-0.15, -0.1) is 37.2 Å². The summed E-state index contributed by atoms with van der Waals surface area (Å²) in [6.07, 6.45) is 21.5. The standard InChI is InChI=1S/C46H84N4O3.3ClH/c1-9-36(32(2)3)16-15-33(4)40-19-20-41-39-18-17-37-31-38(21-25-45(37,7)42(39)22-26-46(40,41)8)53-44(52)14-12-13-43(51)50(30-24-35(6)48)29-11-10-27-49-28-23-34(5)47;;;/h17,32-36,38-42,49H,9-16,18-31,47-48H2,1-8H3;3*1H/t33?,34?,35?,36?,38-,39-,40+,41-,42-,45-,46+;;;/m0.../s1. The van der Waals surface area contributed by atoms with E-state index >= 15 is 0 Å². The number of esters is 1. The SMILES string of the molecule is CCC(CCC(C)[C@H]1CC[C@H]2[C@@H]3CC=C4C[C@@H](OC(=O)CCCC(=O)N(CCCCNCCC(C)N)CCC(C)N)CC[C@]4(C)[C@H]3CC[C@]12C)C(C)C.Cl.Cl.Cl. The Bertz CT molecular complexity index is 1190. The zero-order valence-corrected chi connectivity index (χ0v) is 39.4. The maximum absolute atomic E-state index is 13.2. The van der Waals surface area contributed by atoms with Gasteiger partial charge in [-0.3, -0.25) is 9.59 Å². The molecule has 0 aromatic carbocycles. The number of hydrogen-bond acceptors (Lipinski definition) is 6. The summed E-state index contributed by atoms with van der Waals surface area (Å²) >= 11 is 0. The van der Waals surface area contributed by atoms with Gasteiger partial charge in [-0.1, -0.05) is 66.0 Å². The van der Waals surface area contributed by atoms with E-state index in [1.807, 2.05) is 18.7 Å². The molecule has 7 nitrogen and oxygen atoms in total. The second-order valence-corrected chi connectivity index (χ2v) is 19.5. The van der Waals surface area contributed by atoms with Crippen LogP contribution in [0.1, 0.15) is 171 Å². The molecule has 3 fully saturated rings. The second-order valence-electron chi connectivity index (χ2n) is 19.5. The van der Waals surface area contributed by atoms with Crippen LogP contribution in [0.3, 0.4) is 0 Å². The Kier molecular flexibility index (Phi) is 24.1. The fourth-order valence-corrected chi connectivity index (χ4v) is 11.9. The van der Waals surface area contributed by atoms with Crippen molar-refractivity contribution in [3.05, 3.63) is 11.6 Å². The Labute approximate surface area is 362 Å². The number of rotatable bonds is 22. The third kappa shape index (κ3) is 14.3. The van der Waals surface area contributed by atoms with Crippen molar-refractivity contribution < 1.29 is 14.3 Å². The number of nitrogens with one attached hydrogen (secondary N) is 1. The molecule has 4 rings (SSSR count). The molecule has 4 aliphatic rings. The molecule has 0 spiro atoms. The molecule has 330 valence electrons. The van der Waals surface area contributed by atoms with E-state index < -0.39 is 0 Å². The molecule has 0 aromatic rings. The smallest absolute Gasteiger partial charge is 0.306 e. The van der Waals surface area contributed by atoms with Gasteiger partial charge in [0, 0.05) is 44.4 Å². The van der Waals surface area contributed by atoms with Crippen LogP contribution < -0.4 is 16.8 Å². The summed E-state index contributed by atoms with van der Waals surface area (Å²) in [5.41, 5.74) is 14.2. The predicted octanol–water partition coefficient (Wildman–Crippen LogP) is 10.7. The van der Waals surface area contributed by atoms with E-state index in [2.05, 4.69) is 52.9 Å². The number of allylic oxidation sites excluding steroid dienone is 1. The molecule has 3 saturated carbocycles. The van der Waals surface area contributed by atoms with Crippen LogP contribution in [0.2, 0.25) is 0 Å². The van der Waals surface area contributed by atoms with Crippen molar-refractivity contribution in [1.29, 1.82) is 0 Å². The molecule has 0 saturated heterocycles. The number of unbranched alkanes of at least 4 members (excludes halogenated alkanes) is 1. The first-order valence-electron chi connectivity index (χ1n) is 22.6. The van der Waals surface area contributed by atoms with Crippen LogP contribution in [0, 0.1) is 52.3 Å². The quantitative estimate of drug-likeness (QED) is 0.0568. The van der Waals surface area contributed by atoms with Crippen LogP contribution in [0.25, 0.3) is 0 Å². The number of halogens is 3. The van der Waals surface area contributed by atoms with Gasteiger partial charge in [-0.05, 0) is 163 Å². The number of hydrogen-bond donors (Lipinski definition) is 3. The van der Waals surface area contributed by atoms with Crippen molar-refractivity contribution >= 4 is 49.1 Å². The molecular formula is C46H87Cl3N4O3. The first-order chi connectivity index (χ1) is 25.2. The Morgan fingerprint density at radius 1 is 0.839 bits per heavy atom. The highest BCUT2D eigenvalue weighted by atomic mass is 35.5. The zero-order chi connectivity index (χ0) is 38.8. The number of ether oxygens (including phenoxy) is 1. The minimum Gasteiger partial charge on any atom is -0.462 e. The van der Waals surface area contributed by atoms with Crippen LogP contribution in [-0.2, 0) is 14.3 Å². The molecule has 0 bridgehead atoms. The predicted molar refractivity (Wildman–Crippen MR) is 243 cm³/mol. The lowest BCUT2D eigenvalue weighted by atomic mass is 9.47. The van der Waals surface area contributed by atoms with E-state index in [9.17, 15) is 9.59 Å². The van der Waals surface area contributed by atoms with Crippen molar-refractivity contribution in [3.8, 4) is 0 Å². The van der Waals surface area contributed by atoms with E-state index in [0.29, 0.717) is 31.2 Å². The monoisotopic (exact) mass is 849 g/mol. The molecule has 0 radical (unpaired) electrons. The molecule has 1 amide bonds. The summed E-state index contributed by atoms with van der Waals surface area (Å²) in [7, 11) is 0. The van der Waals surface area contributed by atoms with Gasteiger partial charge in [0.15, 0.2) is 0 Å². The lowest BCUT2D eigenvalue weighted by molar-refractivity contribution is -0.151. The van der Waals surface area contributed by atoms with Crippen LogP contribution in [0.15, 0.2) is 11.6 Å². The van der Waals surface area contributed by atoms with Crippen molar-refractivity contribution in [3.63, 3.8) is 0 Å². The zero-order valence-electron chi connectivity index (χ0n) is 37.0. The number of carbonyl (C=O) groups is 2. The van der Waals surface area contributed by atoms with Crippen LogP contribution in [-0.4, -0.2) is 61.1 Å². The van der Waals surface area contributed by atoms with Gasteiger partial charge in [0.25, 0.3) is 0 Å². The normalized spacial score (nSPS) is 30.1. The Morgan fingerprint density at radius 2 is 1.55 bits per heavy atom. The van der Waals surface area contributed by atoms with Gasteiger partial charge in [0.05, 0.1) is 0 Å². The van der Waals surface area contributed by atoms with Gasteiger partial charge in [-0.2, -0.15) is 0 Å². The third-order valence-electron chi connectivity index (χ3n) is 15.4. The first kappa shape index (κ1) is 53.4. The summed E-state index contributed by atoms with van der Waals surface area (Å²) in [4.78, 5) is 28.2. The molecule has 56 heavy (non-hydrogen) atoms. The maximum Gasteiger partial charge on any atom is 0.306 e. The van der Waals surface area contributed by atoms with Crippen LogP contribution in [0.5, 0.6) is 0 Å². The lowest BCUT2D eigenvalue weighted by Gasteiger charge is -2.58. The number of amides is 1. The van der Waals surface area contributed by atoms with Crippen LogP contribution >= 0.6 is 37.2 Å². The van der Waals surface area contributed by atoms with Gasteiger partial charge < -0.3 is 26.4 Å². The fourth-order valence-electron chi connectivity index (χ4n) is 11.9. The van der Waals surface area contributed by atoms with E-state index in [1.54, 1.807) is 5.57 Å². The average Bonchev–Trinajstić information content (AvgIpc) is 3.46. The molecule has 0 aliphatic heterocycles. The topological polar surface area (TPSA) is 111 Å². The lowest BCUT2D eigenvalue weighted by Crippen LogP contribution is -2.51. The molecular weight excluding hydrogens is 763 g/mol. The molecule has 10 heteroatoms. The van der Waals surface area contributed by atoms with Gasteiger partial charge >= 0.3 is 5.97 Å². The van der Waals surface area contributed by atoms with E-state index in [-0.39, 0.29) is 72.7 Å². The second kappa shape index (κ2) is 25.3. The largest absolute Gasteiger partial charge is 0.462 e. The van der Waals surface area contributed by atoms with Crippen molar-refractivity contribution in [2.45, 2.75) is 189 Å². The molecule has 4 unspecified atom stereocenters. The average molecular weight is 851 g/mol. The van der Waals surface area contributed by atoms with Gasteiger partial charge in [0.2, 0.25) is 5.91 Å². The number of nitrogens with two attached hydrogens (primary N) is 2. The van der Waals surface area contributed by atoms with Crippen molar-refractivity contribution in [2.24, 2.45) is 63.7 Å². The highest BCUT2D eigenvalue weighted by molar-refractivity contribution is 5.86. The Hall–Kier alpha value is -0.570. The van der Waals surface area contributed by atoms with Crippen molar-refractivity contribution in [1.82, 2.24) is 10.2 Å². The number of fused-ring (bicyclic) bond motifs is 5. The molecule has 4 aliphatic carbocycles. The minimum absolute atomic E-state index is 0. The molecule has 5 N–H and O–H groups in total. The molecule has 11 atom stereocenters. The molecule has 0 aromatic heterocycles.